The van der Waals surface area contributed by atoms with Crippen molar-refractivity contribution in [3.8, 4) is 5.75 Å². The van der Waals surface area contributed by atoms with E-state index in [1.165, 1.54) is 6.33 Å². The monoisotopic (exact) mass is 229 g/mol. The quantitative estimate of drug-likeness (QED) is 0.874. The van der Waals surface area contributed by atoms with Crippen LogP contribution in [0.25, 0.3) is 0 Å². The second kappa shape index (κ2) is 5.30. The zero-order valence-electron chi connectivity index (χ0n) is 9.97. The summed E-state index contributed by atoms with van der Waals surface area (Å²) in [7, 11) is 1.67. The zero-order chi connectivity index (χ0) is 12.1. The molecule has 88 valence electrons. The molecule has 0 amide bonds. The third kappa shape index (κ3) is 2.93. The Hall–Kier alpha value is -2.10. The van der Waals surface area contributed by atoms with E-state index in [1.54, 1.807) is 19.5 Å². The predicted molar refractivity (Wildman–Crippen MR) is 67.1 cm³/mol. The minimum Gasteiger partial charge on any atom is -0.497 e. The van der Waals surface area contributed by atoms with E-state index in [-0.39, 0.29) is 0 Å². The molecule has 0 spiro atoms. The number of nitrogens with zero attached hydrogens (tertiary/aromatic N) is 2. The molecule has 0 saturated heterocycles. The molecular weight excluding hydrogens is 214 g/mol. The van der Waals surface area contributed by atoms with Gasteiger partial charge in [0.05, 0.1) is 7.11 Å². The number of aromatic nitrogens is 2. The smallest absolute Gasteiger partial charge is 0.119 e. The summed E-state index contributed by atoms with van der Waals surface area (Å²) in [4.78, 5) is 7.95. The average Bonchev–Trinajstić information content (AvgIpc) is 2.38. The van der Waals surface area contributed by atoms with Crippen molar-refractivity contribution in [1.82, 2.24) is 9.97 Å². The second-order valence-corrected chi connectivity index (χ2v) is 3.78. The Kier molecular flexibility index (Phi) is 3.55. The highest BCUT2D eigenvalue weighted by molar-refractivity contribution is 5.53. The molecule has 1 aromatic carbocycles. The number of anilines is 1. The van der Waals surface area contributed by atoms with Gasteiger partial charge in [0.2, 0.25) is 0 Å². The van der Waals surface area contributed by atoms with Crippen LogP contribution in [0.5, 0.6) is 5.75 Å². The van der Waals surface area contributed by atoms with Crippen LogP contribution in [-0.4, -0.2) is 17.1 Å². The van der Waals surface area contributed by atoms with Crippen molar-refractivity contribution in [3.05, 3.63) is 48.0 Å². The van der Waals surface area contributed by atoms with Crippen molar-refractivity contribution in [2.24, 2.45) is 0 Å². The van der Waals surface area contributed by atoms with E-state index in [4.69, 9.17) is 4.74 Å². The maximum absolute atomic E-state index is 5.17. The summed E-state index contributed by atoms with van der Waals surface area (Å²) in [5.41, 5.74) is 3.30. The van der Waals surface area contributed by atoms with Crippen LogP contribution in [0.4, 0.5) is 5.69 Å². The number of hydrogen-bond acceptors (Lipinski definition) is 4. The van der Waals surface area contributed by atoms with E-state index >= 15 is 0 Å². The van der Waals surface area contributed by atoms with E-state index < -0.39 is 0 Å². The lowest BCUT2D eigenvalue weighted by Crippen LogP contribution is -2.01. The molecule has 0 fully saturated rings. The Morgan fingerprint density at radius 3 is 2.65 bits per heavy atom. The molecule has 1 N–H and O–H groups in total. The van der Waals surface area contributed by atoms with Crippen LogP contribution in [0.2, 0.25) is 0 Å². The molecule has 1 heterocycles. The molecule has 0 aliphatic heterocycles. The second-order valence-electron chi connectivity index (χ2n) is 3.78. The third-order valence-corrected chi connectivity index (χ3v) is 2.53. The lowest BCUT2D eigenvalue weighted by Gasteiger charge is -2.10. The standard InChI is InChI=1S/C13H15N3O/c1-10-5-12(17-2)3-4-13(10)16-8-11-6-14-9-15-7-11/h3-7,9,16H,8H2,1-2H3. The van der Waals surface area contributed by atoms with Gasteiger partial charge >= 0.3 is 0 Å². The summed E-state index contributed by atoms with van der Waals surface area (Å²) in [5, 5.41) is 3.34. The fourth-order valence-corrected chi connectivity index (χ4v) is 1.58. The molecule has 17 heavy (non-hydrogen) atoms. The minimum absolute atomic E-state index is 0.716. The molecule has 1 aromatic heterocycles. The van der Waals surface area contributed by atoms with Gasteiger partial charge in [-0.2, -0.15) is 0 Å². The Labute approximate surface area is 101 Å². The summed E-state index contributed by atoms with van der Waals surface area (Å²) >= 11 is 0. The normalized spacial score (nSPS) is 10.0. The van der Waals surface area contributed by atoms with Crippen LogP contribution >= 0.6 is 0 Å². The molecule has 2 aromatic rings. The van der Waals surface area contributed by atoms with Gasteiger partial charge in [-0.3, -0.25) is 0 Å². The van der Waals surface area contributed by atoms with Gasteiger partial charge in [0, 0.05) is 30.2 Å². The van der Waals surface area contributed by atoms with Crippen molar-refractivity contribution in [2.75, 3.05) is 12.4 Å². The lowest BCUT2D eigenvalue weighted by atomic mass is 10.2. The maximum Gasteiger partial charge on any atom is 0.119 e. The van der Waals surface area contributed by atoms with E-state index in [0.717, 1.165) is 22.6 Å². The summed E-state index contributed by atoms with van der Waals surface area (Å²) in [6, 6.07) is 5.96. The number of aryl methyl sites for hydroxylation is 1. The summed E-state index contributed by atoms with van der Waals surface area (Å²) < 4.78 is 5.17. The van der Waals surface area contributed by atoms with Gasteiger partial charge < -0.3 is 10.1 Å². The van der Waals surface area contributed by atoms with Crippen molar-refractivity contribution >= 4 is 5.69 Å². The number of methoxy groups -OCH3 is 1. The molecule has 0 aliphatic carbocycles. The van der Waals surface area contributed by atoms with Gasteiger partial charge in [0.15, 0.2) is 0 Å². The van der Waals surface area contributed by atoms with E-state index in [1.807, 2.05) is 25.1 Å². The van der Waals surface area contributed by atoms with Crippen LogP contribution in [0.3, 0.4) is 0 Å². The van der Waals surface area contributed by atoms with Crippen molar-refractivity contribution in [3.63, 3.8) is 0 Å². The predicted octanol–water partition coefficient (Wildman–Crippen LogP) is 2.41. The number of hydrogen-bond donors (Lipinski definition) is 1. The number of rotatable bonds is 4. The molecule has 4 heteroatoms. The highest BCUT2D eigenvalue weighted by Crippen LogP contribution is 2.21. The molecule has 0 bridgehead atoms. The van der Waals surface area contributed by atoms with Crippen molar-refractivity contribution in [2.45, 2.75) is 13.5 Å². The summed E-state index contributed by atoms with van der Waals surface area (Å²) in [6.45, 7) is 2.76. The van der Waals surface area contributed by atoms with Gasteiger partial charge in [-0.15, -0.1) is 0 Å². The molecule has 4 nitrogen and oxygen atoms in total. The number of nitrogens with one attached hydrogen (secondary N) is 1. The first kappa shape index (κ1) is 11.4. The maximum atomic E-state index is 5.17. The Balaban J connectivity index is 2.04. The lowest BCUT2D eigenvalue weighted by molar-refractivity contribution is 0.414. The van der Waals surface area contributed by atoms with Crippen molar-refractivity contribution in [1.29, 1.82) is 0 Å². The van der Waals surface area contributed by atoms with Crippen LogP contribution in [0.1, 0.15) is 11.1 Å². The van der Waals surface area contributed by atoms with Crippen LogP contribution in [-0.2, 0) is 6.54 Å². The minimum atomic E-state index is 0.716. The first-order valence-electron chi connectivity index (χ1n) is 5.42. The molecule has 0 unspecified atom stereocenters. The Morgan fingerprint density at radius 2 is 2.00 bits per heavy atom. The first-order valence-corrected chi connectivity index (χ1v) is 5.42. The van der Waals surface area contributed by atoms with Gasteiger partial charge in [-0.05, 0) is 30.7 Å². The summed E-state index contributed by atoms with van der Waals surface area (Å²) in [5.74, 6) is 0.871. The van der Waals surface area contributed by atoms with Gasteiger partial charge in [-0.25, -0.2) is 9.97 Å². The molecule has 2 rings (SSSR count). The molecule has 0 atom stereocenters. The summed E-state index contributed by atoms with van der Waals surface area (Å²) in [6.07, 6.45) is 5.14. The van der Waals surface area contributed by atoms with E-state index in [9.17, 15) is 0 Å². The fraction of sp³-hybridized carbons (Fsp3) is 0.231. The van der Waals surface area contributed by atoms with Gasteiger partial charge in [0.1, 0.15) is 12.1 Å². The number of ether oxygens (including phenoxy) is 1. The average molecular weight is 229 g/mol. The highest BCUT2D eigenvalue weighted by Gasteiger charge is 2.00. The number of benzene rings is 1. The molecule has 0 radical (unpaired) electrons. The Bertz CT molecular complexity index is 485. The van der Waals surface area contributed by atoms with Crippen molar-refractivity contribution < 1.29 is 4.74 Å². The van der Waals surface area contributed by atoms with Crippen LogP contribution in [0, 0.1) is 6.92 Å². The molecule has 0 saturated carbocycles. The van der Waals surface area contributed by atoms with E-state index in [0.29, 0.717) is 6.54 Å². The highest BCUT2D eigenvalue weighted by atomic mass is 16.5. The SMILES string of the molecule is COc1ccc(NCc2cncnc2)c(C)c1. The Morgan fingerprint density at radius 1 is 1.24 bits per heavy atom. The fourth-order valence-electron chi connectivity index (χ4n) is 1.58. The van der Waals surface area contributed by atoms with Crippen LogP contribution < -0.4 is 10.1 Å². The third-order valence-electron chi connectivity index (χ3n) is 2.53. The first-order chi connectivity index (χ1) is 8.29. The van der Waals surface area contributed by atoms with Gasteiger partial charge in [-0.1, -0.05) is 0 Å². The van der Waals surface area contributed by atoms with Gasteiger partial charge in [0.25, 0.3) is 0 Å². The largest absolute Gasteiger partial charge is 0.497 e. The topological polar surface area (TPSA) is 47.0 Å². The zero-order valence-corrected chi connectivity index (χ0v) is 9.97. The van der Waals surface area contributed by atoms with Crippen LogP contribution in [0.15, 0.2) is 36.9 Å². The molecular formula is C13H15N3O. The molecule has 0 aliphatic rings. The van der Waals surface area contributed by atoms with E-state index in [2.05, 4.69) is 15.3 Å².